The normalized spacial score (nSPS) is 17.1. The minimum absolute atomic E-state index is 0.149. The molecule has 0 saturated carbocycles. The molecular weight excluding hydrogens is 542 g/mol. The first-order valence-corrected chi connectivity index (χ1v) is 15.1. The number of aromatic nitrogens is 1. The second-order valence-electron chi connectivity index (χ2n) is 10.3. The van der Waals surface area contributed by atoms with Crippen molar-refractivity contribution in [3.05, 3.63) is 71.9 Å². The molecule has 0 radical (unpaired) electrons. The first kappa shape index (κ1) is 30.1. The lowest BCUT2D eigenvalue weighted by molar-refractivity contribution is -0.149. The zero-order valence-electron chi connectivity index (χ0n) is 23.0. The largest absolute Gasteiger partial charge is 0.480 e. The number of rotatable bonds is 13. The summed E-state index contributed by atoms with van der Waals surface area (Å²) in [6.07, 6.45) is 5.45. The number of benzene rings is 2. The van der Waals surface area contributed by atoms with Crippen LogP contribution >= 0.6 is 11.8 Å². The van der Waals surface area contributed by atoms with Gasteiger partial charge >= 0.3 is 5.97 Å². The molecule has 1 saturated heterocycles. The van der Waals surface area contributed by atoms with Crippen LogP contribution in [-0.4, -0.2) is 81.4 Å². The smallest absolute Gasteiger partial charge is 0.326 e. The summed E-state index contributed by atoms with van der Waals surface area (Å²) in [5, 5.41) is 16.3. The molecule has 3 aromatic rings. The molecule has 2 aromatic carbocycles. The van der Waals surface area contributed by atoms with E-state index in [-0.39, 0.29) is 12.8 Å². The summed E-state index contributed by atoms with van der Waals surface area (Å²) in [6.45, 7) is 0.296. The Labute approximate surface area is 243 Å². The van der Waals surface area contributed by atoms with Crippen LogP contribution in [0.15, 0.2) is 60.8 Å². The predicted octanol–water partition coefficient (Wildman–Crippen LogP) is 2.08. The Hall–Kier alpha value is -3.83. The van der Waals surface area contributed by atoms with Crippen molar-refractivity contribution in [1.82, 2.24) is 20.5 Å². The van der Waals surface area contributed by atoms with E-state index in [1.54, 1.807) is 18.0 Å². The van der Waals surface area contributed by atoms with E-state index in [1.807, 2.05) is 60.9 Å². The zero-order chi connectivity index (χ0) is 29.4. The Morgan fingerprint density at radius 2 is 1.73 bits per heavy atom. The molecule has 4 rings (SSSR count). The number of aromatic amines is 1. The molecule has 0 aliphatic carbocycles. The van der Waals surface area contributed by atoms with Gasteiger partial charge in [-0.1, -0.05) is 48.5 Å². The lowest BCUT2D eigenvalue weighted by atomic mass is 10.0. The minimum Gasteiger partial charge on any atom is -0.480 e. The fraction of sp³-hybridized carbons (Fsp3) is 0.400. The van der Waals surface area contributed by atoms with Crippen molar-refractivity contribution in [1.29, 1.82) is 0 Å². The topological polar surface area (TPSA) is 158 Å². The maximum Gasteiger partial charge on any atom is 0.326 e. The van der Waals surface area contributed by atoms with Gasteiger partial charge in [0.25, 0.3) is 0 Å². The number of amides is 3. The Bertz CT molecular complexity index is 1360. The number of nitrogens with two attached hydrogens (primary N) is 1. The van der Waals surface area contributed by atoms with Crippen LogP contribution in [-0.2, 0) is 32.0 Å². The number of nitrogens with zero attached hydrogens (tertiary/aromatic N) is 1. The second kappa shape index (κ2) is 14.2. The first-order chi connectivity index (χ1) is 19.8. The van der Waals surface area contributed by atoms with Crippen molar-refractivity contribution >= 4 is 46.4 Å². The maximum atomic E-state index is 13.8. The van der Waals surface area contributed by atoms with Gasteiger partial charge in [0.1, 0.15) is 18.1 Å². The second-order valence-corrected chi connectivity index (χ2v) is 11.3. The van der Waals surface area contributed by atoms with E-state index in [0.29, 0.717) is 31.6 Å². The van der Waals surface area contributed by atoms with Gasteiger partial charge < -0.3 is 31.4 Å². The van der Waals surface area contributed by atoms with E-state index in [4.69, 9.17) is 5.73 Å². The van der Waals surface area contributed by atoms with Crippen LogP contribution in [0, 0.1) is 0 Å². The van der Waals surface area contributed by atoms with Crippen LogP contribution in [0.4, 0.5) is 0 Å². The highest BCUT2D eigenvalue weighted by atomic mass is 32.2. The SMILES string of the molecule is CSCCC(N)C(=O)NC(Cc1ccccc1)C(=O)NC(Cc1c[nH]c2ccccc12)C(=O)N1CCCC1C(=O)O. The number of fused-ring (bicyclic) bond motifs is 1. The van der Waals surface area contributed by atoms with E-state index >= 15 is 0 Å². The molecule has 4 atom stereocenters. The van der Waals surface area contributed by atoms with Gasteiger partial charge in [0.05, 0.1) is 6.04 Å². The van der Waals surface area contributed by atoms with Crippen LogP contribution < -0.4 is 16.4 Å². The molecule has 6 N–H and O–H groups in total. The van der Waals surface area contributed by atoms with E-state index in [2.05, 4.69) is 15.6 Å². The number of carbonyl (C=O) groups excluding carboxylic acids is 3. The fourth-order valence-corrected chi connectivity index (χ4v) is 5.68. The number of H-pyrrole nitrogens is 1. The number of carboxylic acids is 1. The van der Waals surface area contributed by atoms with E-state index in [9.17, 15) is 24.3 Å². The number of hydrogen-bond donors (Lipinski definition) is 5. The molecule has 2 heterocycles. The first-order valence-electron chi connectivity index (χ1n) is 13.8. The number of aliphatic carboxylic acids is 1. The molecule has 11 heteroatoms. The van der Waals surface area contributed by atoms with Crippen LogP contribution in [0.25, 0.3) is 10.9 Å². The van der Waals surface area contributed by atoms with Crippen molar-refractivity contribution in [2.45, 2.75) is 56.3 Å². The highest BCUT2D eigenvalue weighted by Crippen LogP contribution is 2.23. The van der Waals surface area contributed by atoms with Crippen molar-refractivity contribution in [2.24, 2.45) is 5.73 Å². The van der Waals surface area contributed by atoms with Crippen molar-refractivity contribution in [3.8, 4) is 0 Å². The van der Waals surface area contributed by atoms with Gasteiger partial charge in [-0.2, -0.15) is 11.8 Å². The number of para-hydroxylation sites is 1. The van der Waals surface area contributed by atoms with Crippen molar-refractivity contribution in [2.75, 3.05) is 18.6 Å². The Kier molecular flexibility index (Phi) is 10.4. The lowest BCUT2D eigenvalue weighted by Gasteiger charge is -2.29. The molecule has 1 aliphatic rings. The van der Waals surface area contributed by atoms with Gasteiger partial charge in [0.15, 0.2) is 0 Å². The summed E-state index contributed by atoms with van der Waals surface area (Å²) in [4.78, 5) is 56.9. The molecule has 4 unspecified atom stereocenters. The predicted molar refractivity (Wildman–Crippen MR) is 159 cm³/mol. The summed E-state index contributed by atoms with van der Waals surface area (Å²) >= 11 is 1.58. The summed E-state index contributed by atoms with van der Waals surface area (Å²) in [7, 11) is 0. The number of carboxylic acid groups (broad SMARTS) is 1. The van der Waals surface area contributed by atoms with Gasteiger partial charge in [0, 0.05) is 36.5 Å². The molecule has 10 nitrogen and oxygen atoms in total. The molecule has 1 aromatic heterocycles. The van der Waals surface area contributed by atoms with Crippen LogP contribution in [0.5, 0.6) is 0 Å². The van der Waals surface area contributed by atoms with Gasteiger partial charge in [0.2, 0.25) is 17.7 Å². The third-order valence-corrected chi connectivity index (χ3v) is 8.06. The molecular formula is C30H37N5O5S. The average Bonchev–Trinajstić information content (AvgIpc) is 3.63. The lowest BCUT2D eigenvalue weighted by Crippen LogP contribution is -2.58. The highest BCUT2D eigenvalue weighted by Gasteiger charge is 2.38. The molecule has 3 amide bonds. The van der Waals surface area contributed by atoms with Gasteiger partial charge in [-0.05, 0) is 48.5 Å². The van der Waals surface area contributed by atoms with Gasteiger partial charge in [-0.25, -0.2) is 4.79 Å². The van der Waals surface area contributed by atoms with E-state index in [0.717, 1.165) is 22.0 Å². The summed E-state index contributed by atoms with van der Waals surface area (Å²) < 4.78 is 0. The Morgan fingerprint density at radius 1 is 1.02 bits per heavy atom. The summed E-state index contributed by atoms with van der Waals surface area (Å²) in [6, 6.07) is 13.1. The Balaban J connectivity index is 1.60. The number of nitrogens with one attached hydrogen (secondary N) is 3. The molecule has 41 heavy (non-hydrogen) atoms. The monoisotopic (exact) mass is 579 g/mol. The van der Waals surface area contributed by atoms with Crippen molar-refractivity contribution in [3.63, 3.8) is 0 Å². The van der Waals surface area contributed by atoms with Gasteiger partial charge in [-0.3, -0.25) is 14.4 Å². The summed E-state index contributed by atoms with van der Waals surface area (Å²) in [5.41, 5.74) is 8.62. The highest BCUT2D eigenvalue weighted by molar-refractivity contribution is 7.98. The van der Waals surface area contributed by atoms with Crippen molar-refractivity contribution < 1.29 is 24.3 Å². The Morgan fingerprint density at radius 3 is 2.46 bits per heavy atom. The molecule has 1 aliphatic heterocycles. The minimum atomic E-state index is -1.07. The van der Waals surface area contributed by atoms with Crippen LogP contribution in [0.3, 0.4) is 0 Å². The zero-order valence-corrected chi connectivity index (χ0v) is 23.9. The standard InChI is InChI=1S/C30H37N5O5S/c1-41-15-13-22(31)27(36)33-24(16-19-8-3-2-4-9-19)28(37)34-25(29(38)35-14-7-12-26(35)30(39)40)17-20-18-32-23-11-6-5-10-21(20)23/h2-6,8-11,18,22,24-26,32H,7,12-17,31H2,1H3,(H,33,36)(H,34,37)(H,39,40). The summed E-state index contributed by atoms with van der Waals surface area (Å²) in [5.74, 6) is -1.81. The van der Waals surface area contributed by atoms with Crippen LogP contribution in [0.1, 0.15) is 30.4 Å². The number of carbonyl (C=O) groups is 4. The third-order valence-electron chi connectivity index (χ3n) is 7.42. The van der Waals surface area contributed by atoms with Gasteiger partial charge in [-0.15, -0.1) is 0 Å². The fourth-order valence-electron chi connectivity index (χ4n) is 5.19. The number of hydrogen-bond acceptors (Lipinski definition) is 6. The molecule has 0 spiro atoms. The van der Waals surface area contributed by atoms with E-state index in [1.165, 1.54) is 4.90 Å². The quantitative estimate of drug-likeness (QED) is 0.207. The molecule has 0 bridgehead atoms. The maximum absolute atomic E-state index is 13.8. The number of thioether (sulfide) groups is 1. The number of likely N-dealkylation sites (tertiary alicyclic amines) is 1. The average molecular weight is 580 g/mol. The van der Waals surface area contributed by atoms with Crippen LogP contribution in [0.2, 0.25) is 0 Å². The molecule has 218 valence electrons. The molecule has 1 fully saturated rings. The van der Waals surface area contributed by atoms with E-state index < -0.39 is 47.9 Å². The third kappa shape index (κ3) is 7.68.